The molecule has 1 aromatic carbocycles. The number of nitrogens with zero attached hydrogens (tertiary/aromatic N) is 1. The highest BCUT2D eigenvalue weighted by molar-refractivity contribution is 5.37. The van der Waals surface area contributed by atoms with Gasteiger partial charge in [0.05, 0.1) is 0 Å². The molecule has 0 unspecified atom stereocenters. The van der Waals surface area contributed by atoms with Crippen LogP contribution in [0, 0.1) is 0 Å². The Kier molecular flexibility index (Phi) is 4.97. The molecule has 0 bridgehead atoms. The summed E-state index contributed by atoms with van der Waals surface area (Å²) in [4.78, 5) is 4.20. The Morgan fingerprint density at radius 3 is 2.71 bits per heavy atom. The summed E-state index contributed by atoms with van der Waals surface area (Å²) in [7, 11) is 0. The van der Waals surface area contributed by atoms with Crippen LogP contribution in [0.4, 0.5) is 0 Å². The van der Waals surface area contributed by atoms with E-state index in [1.54, 1.807) is 6.20 Å². The highest BCUT2D eigenvalue weighted by Crippen LogP contribution is 2.25. The van der Waals surface area contributed by atoms with E-state index in [2.05, 4.69) is 50.1 Å². The third kappa shape index (κ3) is 4.87. The second-order valence-corrected chi connectivity index (χ2v) is 6.19. The van der Waals surface area contributed by atoms with Gasteiger partial charge in [-0.1, -0.05) is 19.1 Å². The van der Waals surface area contributed by atoms with E-state index < -0.39 is 0 Å². The van der Waals surface area contributed by atoms with Crippen molar-refractivity contribution < 1.29 is 4.74 Å². The fourth-order valence-electron chi connectivity index (χ4n) is 1.96. The molecule has 21 heavy (non-hydrogen) atoms. The largest absolute Gasteiger partial charge is 0.457 e. The van der Waals surface area contributed by atoms with Crippen molar-refractivity contribution >= 4 is 0 Å². The van der Waals surface area contributed by atoms with Crippen molar-refractivity contribution in [3.05, 3.63) is 53.9 Å². The lowest BCUT2D eigenvalue weighted by Crippen LogP contribution is -2.35. The van der Waals surface area contributed by atoms with Gasteiger partial charge in [0.25, 0.3) is 0 Å². The molecule has 0 aliphatic heterocycles. The number of pyridine rings is 1. The molecule has 0 spiro atoms. The molecule has 0 saturated heterocycles. The van der Waals surface area contributed by atoms with Crippen molar-refractivity contribution in [3.63, 3.8) is 0 Å². The van der Waals surface area contributed by atoms with Gasteiger partial charge in [0, 0.05) is 30.0 Å². The predicted molar refractivity (Wildman–Crippen MR) is 86.7 cm³/mol. The summed E-state index contributed by atoms with van der Waals surface area (Å²) in [6.45, 7) is 9.32. The number of hydrogen-bond acceptors (Lipinski definition) is 3. The van der Waals surface area contributed by atoms with Crippen LogP contribution in [0.1, 0.15) is 38.8 Å². The van der Waals surface area contributed by atoms with E-state index in [0.717, 1.165) is 30.0 Å². The maximum Gasteiger partial charge on any atom is 0.134 e. The topological polar surface area (TPSA) is 34.1 Å². The molecule has 2 aromatic rings. The molecule has 112 valence electrons. The van der Waals surface area contributed by atoms with Crippen molar-refractivity contribution in [3.8, 4) is 11.5 Å². The van der Waals surface area contributed by atoms with Gasteiger partial charge in [-0.05, 0) is 51.0 Å². The van der Waals surface area contributed by atoms with Gasteiger partial charge < -0.3 is 10.1 Å². The zero-order valence-corrected chi connectivity index (χ0v) is 13.3. The standard InChI is InChI=1S/C18H24N2O/c1-5-14-7-6-8-16(11-14)21-17-9-10-19-12-15(17)13-20-18(2,3)4/h6-12,20H,5,13H2,1-4H3. The summed E-state index contributed by atoms with van der Waals surface area (Å²) < 4.78 is 6.04. The molecule has 3 heteroatoms. The minimum Gasteiger partial charge on any atom is -0.457 e. The Balaban J connectivity index is 2.15. The molecule has 0 amide bonds. The lowest BCUT2D eigenvalue weighted by molar-refractivity contribution is 0.413. The van der Waals surface area contributed by atoms with Crippen LogP contribution in [0.15, 0.2) is 42.7 Å². The highest BCUT2D eigenvalue weighted by atomic mass is 16.5. The molecule has 2 rings (SSSR count). The molecular weight excluding hydrogens is 260 g/mol. The monoisotopic (exact) mass is 284 g/mol. The molecule has 1 N–H and O–H groups in total. The highest BCUT2D eigenvalue weighted by Gasteiger charge is 2.11. The molecule has 3 nitrogen and oxygen atoms in total. The van der Waals surface area contributed by atoms with Crippen molar-refractivity contribution in [1.82, 2.24) is 10.3 Å². The zero-order valence-electron chi connectivity index (χ0n) is 13.3. The van der Waals surface area contributed by atoms with E-state index in [0.29, 0.717) is 0 Å². The minimum atomic E-state index is 0.0647. The summed E-state index contributed by atoms with van der Waals surface area (Å²) in [6, 6.07) is 10.1. The minimum absolute atomic E-state index is 0.0647. The quantitative estimate of drug-likeness (QED) is 0.887. The fourth-order valence-corrected chi connectivity index (χ4v) is 1.96. The van der Waals surface area contributed by atoms with Crippen LogP contribution in [0.2, 0.25) is 0 Å². The first-order valence-electron chi connectivity index (χ1n) is 7.42. The molecule has 0 aliphatic rings. The van der Waals surface area contributed by atoms with Crippen molar-refractivity contribution in [2.45, 2.75) is 46.2 Å². The van der Waals surface area contributed by atoms with Gasteiger partial charge in [0.15, 0.2) is 0 Å². The van der Waals surface area contributed by atoms with E-state index in [1.165, 1.54) is 5.56 Å². The summed E-state index contributed by atoms with van der Waals surface area (Å²) >= 11 is 0. The summed E-state index contributed by atoms with van der Waals surface area (Å²) in [6.07, 6.45) is 4.63. The first kappa shape index (κ1) is 15.5. The number of nitrogens with one attached hydrogen (secondary N) is 1. The van der Waals surface area contributed by atoms with Gasteiger partial charge in [-0.15, -0.1) is 0 Å². The van der Waals surface area contributed by atoms with E-state index in [4.69, 9.17) is 4.74 Å². The number of aromatic nitrogens is 1. The van der Waals surface area contributed by atoms with Crippen molar-refractivity contribution in [2.75, 3.05) is 0 Å². The maximum atomic E-state index is 6.04. The number of rotatable bonds is 5. The third-order valence-electron chi connectivity index (χ3n) is 3.20. The summed E-state index contributed by atoms with van der Waals surface area (Å²) in [5.74, 6) is 1.73. The first-order chi connectivity index (χ1) is 9.98. The fraction of sp³-hybridized carbons (Fsp3) is 0.389. The molecule has 0 radical (unpaired) electrons. The lowest BCUT2D eigenvalue weighted by atomic mass is 10.1. The summed E-state index contributed by atoms with van der Waals surface area (Å²) in [5.41, 5.74) is 2.40. The van der Waals surface area contributed by atoms with Crippen LogP contribution in [-0.4, -0.2) is 10.5 Å². The number of hydrogen-bond donors (Lipinski definition) is 1. The average Bonchev–Trinajstić information content (AvgIpc) is 2.46. The average molecular weight is 284 g/mol. The Morgan fingerprint density at radius 2 is 2.00 bits per heavy atom. The molecule has 1 aromatic heterocycles. The van der Waals surface area contributed by atoms with Gasteiger partial charge in [-0.25, -0.2) is 0 Å². The Morgan fingerprint density at radius 1 is 1.19 bits per heavy atom. The van der Waals surface area contributed by atoms with Crippen LogP contribution < -0.4 is 10.1 Å². The third-order valence-corrected chi connectivity index (χ3v) is 3.20. The second kappa shape index (κ2) is 6.72. The number of benzene rings is 1. The van der Waals surface area contributed by atoms with E-state index >= 15 is 0 Å². The van der Waals surface area contributed by atoms with Gasteiger partial charge in [-0.3, -0.25) is 4.98 Å². The molecule has 1 heterocycles. The van der Waals surface area contributed by atoms with E-state index in [-0.39, 0.29) is 5.54 Å². The predicted octanol–water partition coefficient (Wildman–Crippen LogP) is 4.32. The zero-order chi connectivity index (χ0) is 15.3. The SMILES string of the molecule is CCc1cccc(Oc2ccncc2CNC(C)(C)C)c1. The van der Waals surface area contributed by atoms with Crippen LogP contribution >= 0.6 is 0 Å². The normalized spacial score (nSPS) is 11.4. The van der Waals surface area contributed by atoms with Crippen LogP contribution in [-0.2, 0) is 13.0 Å². The Bertz CT molecular complexity index is 588. The number of ether oxygens (including phenoxy) is 1. The van der Waals surface area contributed by atoms with Crippen molar-refractivity contribution in [1.29, 1.82) is 0 Å². The Hall–Kier alpha value is -1.87. The first-order valence-corrected chi connectivity index (χ1v) is 7.42. The van der Waals surface area contributed by atoms with E-state index in [9.17, 15) is 0 Å². The van der Waals surface area contributed by atoms with Gasteiger partial charge in [-0.2, -0.15) is 0 Å². The smallest absolute Gasteiger partial charge is 0.134 e. The van der Waals surface area contributed by atoms with Crippen molar-refractivity contribution in [2.24, 2.45) is 0 Å². The summed E-state index contributed by atoms with van der Waals surface area (Å²) in [5, 5.41) is 3.47. The van der Waals surface area contributed by atoms with Crippen LogP contribution in [0.5, 0.6) is 11.5 Å². The van der Waals surface area contributed by atoms with Gasteiger partial charge in [0.2, 0.25) is 0 Å². The lowest BCUT2D eigenvalue weighted by Gasteiger charge is -2.21. The Labute approximate surface area is 127 Å². The van der Waals surface area contributed by atoms with Gasteiger partial charge >= 0.3 is 0 Å². The van der Waals surface area contributed by atoms with E-state index in [1.807, 2.05) is 24.4 Å². The molecule has 0 atom stereocenters. The molecular formula is C18H24N2O. The van der Waals surface area contributed by atoms with Crippen LogP contribution in [0.3, 0.4) is 0 Å². The second-order valence-electron chi connectivity index (χ2n) is 6.19. The maximum absolute atomic E-state index is 6.04. The van der Waals surface area contributed by atoms with Crippen LogP contribution in [0.25, 0.3) is 0 Å². The molecule has 0 aliphatic carbocycles. The molecule has 0 fully saturated rings. The van der Waals surface area contributed by atoms with Gasteiger partial charge in [0.1, 0.15) is 11.5 Å². The molecule has 0 saturated carbocycles. The number of aryl methyl sites for hydroxylation is 1.